The number of aryl methyl sites for hydroxylation is 4. The minimum absolute atomic E-state index is 0.0482. The molecule has 2 aromatic rings. The van der Waals surface area contributed by atoms with Gasteiger partial charge in [0.1, 0.15) is 0 Å². The Labute approximate surface area is 218 Å². The smallest absolute Gasteiger partial charge is 0.238 e. The van der Waals surface area contributed by atoms with Crippen molar-refractivity contribution in [2.45, 2.75) is 67.2 Å². The van der Waals surface area contributed by atoms with Crippen molar-refractivity contribution in [2.75, 3.05) is 49.9 Å². The van der Waals surface area contributed by atoms with Gasteiger partial charge in [0.2, 0.25) is 11.8 Å². The van der Waals surface area contributed by atoms with Crippen molar-refractivity contribution in [1.82, 2.24) is 9.80 Å². The molecule has 0 unspecified atom stereocenters. The summed E-state index contributed by atoms with van der Waals surface area (Å²) >= 11 is 0. The van der Waals surface area contributed by atoms with E-state index in [1.165, 1.54) is 0 Å². The molecule has 2 aromatic carbocycles. The lowest BCUT2D eigenvalue weighted by Gasteiger charge is -2.22. The van der Waals surface area contributed by atoms with E-state index in [1.54, 1.807) is 0 Å². The normalized spacial score (nSPS) is 11.2. The Morgan fingerprint density at radius 1 is 0.611 bits per heavy atom. The van der Waals surface area contributed by atoms with Crippen molar-refractivity contribution < 1.29 is 9.59 Å². The Morgan fingerprint density at radius 3 is 1.25 bits per heavy atom. The van der Waals surface area contributed by atoms with E-state index in [2.05, 4.69) is 34.3 Å². The molecule has 0 atom stereocenters. The summed E-state index contributed by atoms with van der Waals surface area (Å²) in [5.41, 5.74) is 6.24. The van der Waals surface area contributed by atoms with Crippen molar-refractivity contribution in [3.05, 3.63) is 58.7 Å². The third-order valence-electron chi connectivity index (χ3n) is 6.82. The molecule has 0 saturated heterocycles. The summed E-state index contributed by atoms with van der Waals surface area (Å²) in [6.45, 7) is 16.7. The first kappa shape index (κ1) is 29.5. The number of hydrogen-bond acceptors (Lipinski definition) is 4. The van der Waals surface area contributed by atoms with E-state index in [0.717, 1.165) is 85.5 Å². The topological polar surface area (TPSA) is 64.7 Å². The molecule has 0 aromatic heterocycles. The molecule has 6 nitrogen and oxygen atoms in total. The Balaban J connectivity index is 1.65. The van der Waals surface area contributed by atoms with E-state index in [1.807, 2.05) is 64.1 Å². The molecule has 0 fully saturated rings. The number of anilines is 2. The molecule has 0 aliphatic heterocycles. The van der Waals surface area contributed by atoms with Crippen LogP contribution < -0.4 is 10.6 Å². The van der Waals surface area contributed by atoms with E-state index in [-0.39, 0.29) is 11.8 Å². The maximum absolute atomic E-state index is 12.6. The minimum atomic E-state index is 0.0482. The van der Waals surface area contributed by atoms with Gasteiger partial charge in [-0.25, -0.2) is 0 Å². The van der Waals surface area contributed by atoms with Gasteiger partial charge in [-0.3, -0.25) is 19.4 Å². The van der Waals surface area contributed by atoms with Crippen molar-refractivity contribution in [3.8, 4) is 0 Å². The molecule has 0 heterocycles. The fourth-order valence-corrected chi connectivity index (χ4v) is 4.51. The predicted octanol–water partition coefficient (Wildman–Crippen LogP) is 5.70. The first-order valence-electron chi connectivity index (χ1n) is 13.4. The van der Waals surface area contributed by atoms with Crippen molar-refractivity contribution in [2.24, 2.45) is 0 Å². The van der Waals surface area contributed by atoms with Crippen LogP contribution in [0.1, 0.15) is 61.8 Å². The molecule has 2 N–H and O–H groups in total. The second-order valence-corrected chi connectivity index (χ2v) is 9.78. The quantitative estimate of drug-likeness (QED) is 0.312. The summed E-state index contributed by atoms with van der Waals surface area (Å²) in [5.74, 6) is 0.0963. The van der Waals surface area contributed by atoms with Crippen LogP contribution in [-0.4, -0.2) is 60.9 Å². The van der Waals surface area contributed by atoms with Gasteiger partial charge in [-0.15, -0.1) is 0 Å². The summed E-state index contributed by atoms with van der Waals surface area (Å²) in [5, 5.41) is 6.18. The number of para-hydroxylation sites is 2. The van der Waals surface area contributed by atoms with Crippen LogP contribution in [0.25, 0.3) is 0 Å². The fraction of sp³-hybridized carbons (Fsp3) is 0.533. The molecule has 6 heteroatoms. The summed E-state index contributed by atoms with van der Waals surface area (Å²) in [7, 11) is 0. The third-order valence-corrected chi connectivity index (χ3v) is 6.82. The van der Waals surface area contributed by atoms with Gasteiger partial charge < -0.3 is 10.6 Å². The van der Waals surface area contributed by atoms with Crippen LogP contribution >= 0.6 is 0 Å². The molecular formula is C30H46N4O2. The van der Waals surface area contributed by atoms with E-state index >= 15 is 0 Å². The lowest BCUT2D eigenvalue weighted by Crippen LogP contribution is -2.34. The molecule has 2 rings (SSSR count). The number of likely N-dealkylation sites (N-methyl/N-ethyl adjacent to an activating group) is 2. The number of nitrogens with one attached hydrogen (secondary N) is 2. The zero-order valence-corrected chi connectivity index (χ0v) is 23.2. The van der Waals surface area contributed by atoms with Gasteiger partial charge in [0, 0.05) is 11.4 Å². The highest BCUT2D eigenvalue weighted by Crippen LogP contribution is 2.20. The van der Waals surface area contributed by atoms with Gasteiger partial charge in [0.05, 0.1) is 13.1 Å². The second kappa shape index (κ2) is 15.4. The van der Waals surface area contributed by atoms with Gasteiger partial charge in [0.15, 0.2) is 0 Å². The third kappa shape index (κ3) is 9.75. The van der Waals surface area contributed by atoms with Gasteiger partial charge >= 0.3 is 0 Å². The molecule has 198 valence electrons. The molecule has 0 bridgehead atoms. The highest BCUT2D eigenvalue weighted by molar-refractivity contribution is 5.94. The Morgan fingerprint density at radius 2 is 0.944 bits per heavy atom. The predicted molar refractivity (Wildman–Crippen MR) is 152 cm³/mol. The number of carbonyl (C=O) groups excluding carboxylic acids is 2. The van der Waals surface area contributed by atoms with E-state index in [0.29, 0.717) is 13.1 Å². The summed E-state index contributed by atoms with van der Waals surface area (Å²) in [6, 6.07) is 12.1. The van der Waals surface area contributed by atoms with E-state index < -0.39 is 0 Å². The maximum atomic E-state index is 12.6. The lowest BCUT2D eigenvalue weighted by molar-refractivity contribution is -0.118. The first-order chi connectivity index (χ1) is 17.2. The van der Waals surface area contributed by atoms with Crippen molar-refractivity contribution in [3.63, 3.8) is 0 Å². The van der Waals surface area contributed by atoms with Crippen LogP contribution in [0.2, 0.25) is 0 Å². The fourth-order valence-electron chi connectivity index (χ4n) is 4.51. The monoisotopic (exact) mass is 494 g/mol. The lowest BCUT2D eigenvalue weighted by atomic mass is 10.1. The van der Waals surface area contributed by atoms with E-state index in [9.17, 15) is 9.59 Å². The summed E-state index contributed by atoms with van der Waals surface area (Å²) in [6.07, 6.45) is 4.40. The zero-order valence-electron chi connectivity index (χ0n) is 23.2. The SMILES string of the molecule is CCN(CCCCCCN(CC)CC(=O)Nc1c(C)cccc1C)CC(=O)Nc1c(C)cccc1C. The van der Waals surface area contributed by atoms with Crippen molar-refractivity contribution in [1.29, 1.82) is 0 Å². The highest BCUT2D eigenvalue weighted by atomic mass is 16.2. The summed E-state index contributed by atoms with van der Waals surface area (Å²) in [4.78, 5) is 29.6. The number of unbranched alkanes of at least 4 members (excludes halogenated alkanes) is 3. The van der Waals surface area contributed by atoms with Crippen LogP contribution in [0.15, 0.2) is 36.4 Å². The number of rotatable bonds is 15. The standard InChI is InChI=1S/C30H46N4O2/c1-7-33(21-27(35)31-29-23(3)15-13-16-24(29)4)19-11-9-10-12-20-34(8-2)22-28(36)32-30-25(5)17-14-18-26(30)6/h13-18H,7-12,19-22H2,1-6H3,(H,31,35)(H,32,36). The minimum Gasteiger partial charge on any atom is -0.324 e. The Hall–Kier alpha value is -2.70. The number of hydrogen-bond donors (Lipinski definition) is 2. The molecule has 0 radical (unpaired) electrons. The number of carbonyl (C=O) groups is 2. The summed E-state index contributed by atoms with van der Waals surface area (Å²) < 4.78 is 0. The van der Waals surface area contributed by atoms with Crippen LogP contribution in [-0.2, 0) is 9.59 Å². The molecular weight excluding hydrogens is 448 g/mol. The second-order valence-electron chi connectivity index (χ2n) is 9.78. The van der Waals surface area contributed by atoms with Crippen LogP contribution in [0.5, 0.6) is 0 Å². The van der Waals surface area contributed by atoms with Gasteiger partial charge in [-0.05, 0) is 89.0 Å². The van der Waals surface area contributed by atoms with Crippen molar-refractivity contribution >= 4 is 23.2 Å². The number of benzene rings is 2. The number of nitrogens with zero attached hydrogens (tertiary/aromatic N) is 2. The molecule has 36 heavy (non-hydrogen) atoms. The van der Waals surface area contributed by atoms with Crippen LogP contribution in [0.3, 0.4) is 0 Å². The Bertz CT molecular complexity index is 869. The molecule has 0 spiro atoms. The average molecular weight is 495 g/mol. The first-order valence-corrected chi connectivity index (χ1v) is 13.4. The molecule has 0 aliphatic carbocycles. The molecule has 0 aliphatic rings. The van der Waals surface area contributed by atoms with Gasteiger partial charge in [-0.2, -0.15) is 0 Å². The van der Waals surface area contributed by atoms with Crippen LogP contribution in [0, 0.1) is 27.7 Å². The van der Waals surface area contributed by atoms with Gasteiger partial charge in [0.25, 0.3) is 0 Å². The maximum Gasteiger partial charge on any atom is 0.238 e. The largest absolute Gasteiger partial charge is 0.324 e. The highest BCUT2D eigenvalue weighted by Gasteiger charge is 2.13. The molecule has 0 saturated carbocycles. The molecule has 2 amide bonds. The zero-order chi connectivity index (χ0) is 26.5. The van der Waals surface area contributed by atoms with E-state index in [4.69, 9.17) is 0 Å². The number of amides is 2. The van der Waals surface area contributed by atoms with Gasteiger partial charge in [-0.1, -0.05) is 63.1 Å². The average Bonchev–Trinajstić information content (AvgIpc) is 2.84. The van der Waals surface area contributed by atoms with Crippen LogP contribution in [0.4, 0.5) is 11.4 Å². The Kier molecular flexibility index (Phi) is 12.6.